The van der Waals surface area contributed by atoms with Crippen molar-refractivity contribution in [3.8, 4) is 0 Å². The molecule has 9 heteroatoms. The lowest BCUT2D eigenvalue weighted by Crippen LogP contribution is -2.53. The number of piperazine rings is 1. The highest BCUT2D eigenvalue weighted by atomic mass is 35.5. The Morgan fingerprint density at radius 2 is 1.92 bits per heavy atom. The molecule has 0 aromatic heterocycles. The Morgan fingerprint density at radius 1 is 1.23 bits per heavy atom. The topological polar surface area (TPSA) is 116 Å². The highest BCUT2D eigenvalue weighted by Gasteiger charge is 2.30. The van der Waals surface area contributed by atoms with Crippen LogP contribution in [0.25, 0.3) is 0 Å². The number of anilines is 1. The van der Waals surface area contributed by atoms with E-state index in [2.05, 4.69) is 10.2 Å². The van der Waals surface area contributed by atoms with E-state index in [1.54, 1.807) is 29.2 Å². The molecule has 4 N–H and O–H groups in total. The van der Waals surface area contributed by atoms with Crippen molar-refractivity contribution in [3.63, 3.8) is 0 Å². The molecule has 0 aliphatic carbocycles. The number of nitrogens with one attached hydrogen (secondary N) is 1. The maximum Gasteiger partial charge on any atom is 0.321 e. The molecule has 142 valence electrons. The molecule has 8 nitrogen and oxygen atoms in total. The van der Waals surface area contributed by atoms with Crippen molar-refractivity contribution in [2.24, 2.45) is 5.73 Å². The summed E-state index contributed by atoms with van der Waals surface area (Å²) in [5.74, 6) is -1.76. The van der Waals surface area contributed by atoms with Gasteiger partial charge in [-0.15, -0.1) is 0 Å². The van der Waals surface area contributed by atoms with Gasteiger partial charge in [-0.1, -0.05) is 17.7 Å². The van der Waals surface area contributed by atoms with Gasteiger partial charge in [0.05, 0.1) is 6.42 Å². The van der Waals surface area contributed by atoms with Crippen LogP contribution in [0.2, 0.25) is 5.02 Å². The molecule has 1 aromatic carbocycles. The molecule has 2 rings (SSSR count). The van der Waals surface area contributed by atoms with E-state index < -0.39 is 12.0 Å². The van der Waals surface area contributed by atoms with Crippen molar-refractivity contribution in [3.05, 3.63) is 29.3 Å². The first kappa shape index (κ1) is 20.2. The quantitative estimate of drug-likeness (QED) is 0.606. The first-order chi connectivity index (χ1) is 12.3. The van der Waals surface area contributed by atoms with Crippen molar-refractivity contribution in [1.82, 2.24) is 9.80 Å². The van der Waals surface area contributed by atoms with Crippen LogP contribution in [-0.2, 0) is 14.4 Å². The van der Waals surface area contributed by atoms with Crippen LogP contribution in [0.15, 0.2) is 24.3 Å². The lowest BCUT2D eigenvalue weighted by Gasteiger charge is -2.37. The number of hydrogen-bond acceptors (Lipinski definition) is 5. The van der Waals surface area contributed by atoms with Crippen molar-refractivity contribution in [1.29, 1.82) is 0 Å². The highest BCUT2D eigenvalue weighted by Crippen LogP contribution is 2.16. The van der Waals surface area contributed by atoms with Gasteiger partial charge in [0.15, 0.2) is 0 Å². The highest BCUT2D eigenvalue weighted by molar-refractivity contribution is 6.30. The molecule has 2 amide bonds. The van der Waals surface area contributed by atoms with E-state index in [0.29, 0.717) is 43.4 Å². The third-order valence-corrected chi connectivity index (χ3v) is 4.53. The van der Waals surface area contributed by atoms with Gasteiger partial charge in [-0.05, 0) is 18.2 Å². The minimum absolute atomic E-state index is 0.150. The maximum atomic E-state index is 12.2. The van der Waals surface area contributed by atoms with Gasteiger partial charge >= 0.3 is 5.97 Å². The van der Waals surface area contributed by atoms with Crippen molar-refractivity contribution >= 4 is 35.1 Å². The predicted molar refractivity (Wildman–Crippen MR) is 97.9 cm³/mol. The zero-order valence-corrected chi connectivity index (χ0v) is 15.1. The molecular formula is C17H23ClN4O4. The summed E-state index contributed by atoms with van der Waals surface area (Å²) in [6.45, 7) is 2.86. The summed E-state index contributed by atoms with van der Waals surface area (Å²) >= 11 is 5.88. The van der Waals surface area contributed by atoms with Gasteiger partial charge in [-0.3, -0.25) is 19.3 Å². The van der Waals surface area contributed by atoms with E-state index >= 15 is 0 Å². The second-order valence-electron chi connectivity index (χ2n) is 6.21. The number of hydrogen-bond donors (Lipinski definition) is 3. The Balaban J connectivity index is 1.87. The normalized spacial score (nSPS) is 16.8. The molecule has 1 fully saturated rings. The lowest BCUT2D eigenvalue weighted by atomic mass is 10.1. The molecule has 1 aliphatic rings. The summed E-state index contributed by atoms with van der Waals surface area (Å²) in [5, 5.41) is 12.7. The van der Waals surface area contributed by atoms with Crippen LogP contribution in [0.5, 0.6) is 0 Å². The smallest absolute Gasteiger partial charge is 0.321 e. The minimum atomic E-state index is -1.03. The number of primary amides is 1. The predicted octanol–water partition coefficient (Wildman–Crippen LogP) is 0.615. The number of aliphatic carboxylic acids is 1. The number of nitrogens with two attached hydrogens (primary N) is 1. The fourth-order valence-corrected chi connectivity index (χ4v) is 3.08. The average molecular weight is 383 g/mol. The summed E-state index contributed by atoms with van der Waals surface area (Å²) in [4.78, 5) is 38.5. The van der Waals surface area contributed by atoms with E-state index in [1.807, 2.05) is 0 Å². The number of halogens is 1. The Morgan fingerprint density at radius 3 is 2.50 bits per heavy atom. The third-order valence-electron chi connectivity index (χ3n) is 4.29. The second-order valence-corrected chi connectivity index (χ2v) is 6.65. The monoisotopic (exact) mass is 382 g/mol. The van der Waals surface area contributed by atoms with Crippen LogP contribution in [0.4, 0.5) is 5.69 Å². The van der Waals surface area contributed by atoms with E-state index in [4.69, 9.17) is 17.3 Å². The fourth-order valence-electron chi connectivity index (χ4n) is 2.89. The van der Waals surface area contributed by atoms with Gasteiger partial charge in [-0.2, -0.15) is 0 Å². The Kier molecular flexibility index (Phi) is 7.38. The van der Waals surface area contributed by atoms with E-state index in [0.717, 1.165) is 0 Å². The lowest BCUT2D eigenvalue weighted by molar-refractivity contribution is -0.146. The summed E-state index contributed by atoms with van der Waals surface area (Å²) in [6.07, 6.45) is 0.132. The number of rotatable bonds is 8. The first-order valence-electron chi connectivity index (χ1n) is 8.38. The summed E-state index contributed by atoms with van der Waals surface area (Å²) in [6, 6.07) is 5.80. The van der Waals surface area contributed by atoms with E-state index in [1.165, 1.54) is 0 Å². The number of benzene rings is 1. The molecule has 26 heavy (non-hydrogen) atoms. The Bertz CT molecular complexity index is 662. The van der Waals surface area contributed by atoms with Gasteiger partial charge < -0.3 is 21.1 Å². The van der Waals surface area contributed by atoms with Gasteiger partial charge in [0, 0.05) is 49.9 Å². The summed E-state index contributed by atoms with van der Waals surface area (Å²) in [7, 11) is 0. The van der Waals surface area contributed by atoms with Crippen molar-refractivity contribution < 1.29 is 19.5 Å². The summed E-state index contributed by atoms with van der Waals surface area (Å²) in [5.41, 5.74) is 5.68. The van der Waals surface area contributed by atoms with Crippen molar-refractivity contribution in [2.45, 2.75) is 18.9 Å². The molecule has 1 saturated heterocycles. The number of carbonyl (C=O) groups is 3. The van der Waals surface area contributed by atoms with Gasteiger partial charge in [-0.25, -0.2) is 0 Å². The fraction of sp³-hybridized carbons (Fsp3) is 0.471. The number of carboxylic acid groups (broad SMARTS) is 1. The van der Waals surface area contributed by atoms with Gasteiger partial charge in [0.25, 0.3) is 0 Å². The van der Waals surface area contributed by atoms with Crippen LogP contribution in [0.1, 0.15) is 12.8 Å². The van der Waals surface area contributed by atoms with Crippen LogP contribution >= 0.6 is 11.6 Å². The first-order valence-corrected chi connectivity index (χ1v) is 8.76. The molecule has 0 spiro atoms. The largest absolute Gasteiger partial charge is 0.480 e. The van der Waals surface area contributed by atoms with E-state index in [9.17, 15) is 19.5 Å². The molecule has 1 atom stereocenters. The molecular weight excluding hydrogens is 360 g/mol. The molecule has 1 aromatic rings. The third kappa shape index (κ3) is 6.29. The minimum Gasteiger partial charge on any atom is -0.480 e. The molecule has 1 aliphatic heterocycles. The number of carboxylic acids is 1. The molecule has 0 bridgehead atoms. The van der Waals surface area contributed by atoms with E-state index in [-0.39, 0.29) is 24.7 Å². The number of nitrogens with zero attached hydrogens (tertiary/aromatic N) is 2. The van der Waals surface area contributed by atoms with Crippen LogP contribution in [0.3, 0.4) is 0 Å². The standard InChI is InChI=1S/C17H23ClN4O4/c18-12-2-1-3-13(10-12)20-16(24)11-14(17(25)26)22-8-6-21(7-9-22)5-4-15(19)23/h1-3,10,14H,4-9,11H2,(H2,19,23)(H,20,24)(H,25,26)/t14-/m0/s1. The van der Waals surface area contributed by atoms with Crippen LogP contribution in [-0.4, -0.2) is 71.5 Å². The Labute approximate surface area is 156 Å². The number of carbonyl (C=O) groups excluding carboxylic acids is 2. The zero-order valence-electron chi connectivity index (χ0n) is 14.4. The van der Waals surface area contributed by atoms with Gasteiger partial charge in [0.2, 0.25) is 11.8 Å². The van der Waals surface area contributed by atoms with Gasteiger partial charge in [0.1, 0.15) is 6.04 Å². The SMILES string of the molecule is NC(=O)CCN1CCN([C@@H](CC(=O)Nc2cccc(Cl)c2)C(=O)O)CC1. The molecule has 0 unspecified atom stereocenters. The Hall–Kier alpha value is -2.16. The zero-order chi connectivity index (χ0) is 19.1. The maximum absolute atomic E-state index is 12.2. The summed E-state index contributed by atoms with van der Waals surface area (Å²) < 4.78 is 0. The van der Waals surface area contributed by atoms with Crippen LogP contribution < -0.4 is 11.1 Å². The molecule has 0 radical (unpaired) electrons. The number of amides is 2. The van der Waals surface area contributed by atoms with Crippen LogP contribution in [0, 0.1) is 0 Å². The second kappa shape index (κ2) is 9.51. The molecule has 0 saturated carbocycles. The van der Waals surface area contributed by atoms with Crippen molar-refractivity contribution in [2.75, 3.05) is 38.0 Å². The molecule has 1 heterocycles. The average Bonchev–Trinajstić information content (AvgIpc) is 2.58.